The van der Waals surface area contributed by atoms with E-state index < -0.39 is 0 Å². The summed E-state index contributed by atoms with van der Waals surface area (Å²) < 4.78 is 1.82. The van der Waals surface area contributed by atoms with Gasteiger partial charge in [-0.05, 0) is 50.0 Å². The second-order valence-electron chi connectivity index (χ2n) is 6.65. The normalized spacial score (nSPS) is 16.5. The van der Waals surface area contributed by atoms with Gasteiger partial charge in [0, 0.05) is 44.3 Å². The second kappa shape index (κ2) is 8.76. The average molecular weight is 341 g/mol. The predicted molar refractivity (Wildman–Crippen MR) is 96.9 cm³/mol. The fourth-order valence-corrected chi connectivity index (χ4v) is 3.45. The minimum absolute atomic E-state index is 0.0899. The summed E-state index contributed by atoms with van der Waals surface area (Å²) in [7, 11) is 1.90. The highest BCUT2D eigenvalue weighted by atomic mass is 16.1. The highest BCUT2D eigenvalue weighted by Gasteiger charge is 2.23. The van der Waals surface area contributed by atoms with Crippen LogP contribution in [-0.4, -0.2) is 45.2 Å². The second-order valence-corrected chi connectivity index (χ2v) is 6.65. The summed E-state index contributed by atoms with van der Waals surface area (Å²) in [6.45, 7) is 2.81. The van der Waals surface area contributed by atoms with Crippen LogP contribution < -0.4 is 5.32 Å². The van der Waals surface area contributed by atoms with Crippen LogP contribution in [0.2, 0.25) is 0 Å². The Labute approximate surface area is 149 Å². The van der Waals surface area contributed by atoms with Crippen LogP contribution in [-0.2, 0) is 18.3 Å². The van der Waals surface area contributed by atoms with Crippen LogP contribution in [0.15, 0.2) is 36.8 Å². The summed E-state index contributed by atoms with van der Waals surface area (Å²) in [5.74, 6) is 0.0899. The quantitative estimate of drug-likeness (QED) is 0.838. The molecule has 0 bridgehead atoms. The number of aryl methyl sites for hydroxylation is 2. The van der Waals surface area contributed by atoms with Gasteiger partial charge >= 0.3 is 0 Å². The number of pyridine rings is 1. The largest absolute Gasteiger partial charge is 0.354 e. The number of carbonyl (C=O) groups excluding carboxylic acids is 1. The molecule has 6 heteroatoms. The van der Waals surface area contributed by atoms with Crippen molar-refractivity contribution in [3.63, 3.8) is 0 Å². The molecular formula is C19H27N5O. The van der Waals surface area contributed by atoms with Gasteiger partial charge < -0.3 is 5.32 Å². The molecule has 0 unspecified atom stereocenters. The third kappa shape index (κ3) is 4.89. The third-order valence-electron chi connectivity index (χ3n) is 4.92. The Kier molecular flexibility index (Phi) is 6.17. The number of nitrogens with zero attached hydrogens (tertiary/aromatic N) is 4. The summed E-state index contributed by atoms with van der Waals surface area (Å²) in [6, 6.07) is 6.24. The average Bonchev–Trinajstić information content (AvgIpc) is 3.07. The fraction of sp³-hybridized carbons (Fsp3) is 0.526. The van der Waals surface area contributed by atoms with Crippen LogP contribution in [0, 0.1) is 0 Å². The lowest BCUT2D eigenvalue weighted by atomic mass is 10.0. The molecule has 1 fully saturated rings. The molecule has 2 aromatic rings. The molecule has 0 aromatic carbocycles. The van der Waals surface area contributed by atoms with Crippen molar-refractivity contribution in [2.45, 2.75) is 38.1 Å². The molecule has 1 aliphatic heterocycles. The Morgan fingerprint density at radius 2 is 2.08 bits per heavy atom. The monoisotopic (exact) mass is 341 g/mol. The molecule has 2 aromatic heterocycles. The molecule has 0 aliphatic carbocycles. The molecule has 134 valence electrons. The Morgan fingerprint density at radius 1 is 1.24 bits per heavy atom. The van der Waals surface area contributed by atoms with E-state index in [2.05, 4.69) is 26.4 Å². The number of amides is 1. The van der Waals surface area contributed by atoms with Gasteiger partial charge in [-0.3, -0.25) is 19.4 Å². The van der Waals surface area contributed by atoms with Crippen molar-refractivity contribution in [1.82, 2.24) is 25.0 Å². The first kappa shape index (κ1) is 17.6. The molecule has 0 saturated carbocycles. The zero-order chi connectivity index (χ0) is 17.5. The number of aromatic nitrogens is 3. The van der Waals surface area contributed by atoms with Crippen LogP contribution in [0.25, 0.3) is 0 Å². The Morgan fingerprint density at radius 3 is 2.76 bits per heavy atom. The number of nitrogens with one attached hydrogen (secondary N) is 1. The minimum Gasteiger partial charge on any atom is -0.354 e. The van der Waals surface area contributed by atoms with Crippen molar-refractivity contribution < 1.29 is 4.79 Å². The Hall–Kier alpha value is -2.21. The molecule has 1 saturated heterocycles. The number of hydrogen-bond acceptors (Lipinski definition) is 4. The standard InChI is InChI=1S/C19H27N5O/c1-23-17(9-11-22-23)7-8-19(25)21-15-18(16-6-5-10-20-14-16)24-12-3-2-4-13-24/h5-6,9-11,14,18H,2-4,7-8,12-13,15H2,1H3,(H,21,25)/t18-/m0/s1. The van der Waals surface area contributed by atoms with Crippen LogP contribution >= 0.6 is 0 Å². The summed E-state index contributed by atoms with van der Waals surface area (Å²) >= 11 is 0. The predicted octanol–water partition coefficient (Wildman–Crippen LogP) is 2.09. The Bertz CT molecular complexity index is 663. The third-order valence-corrected chi connectivity index (χ3v) is 4.92. The van der Waals surface area contributed by atoms with Crippen molar-refractivity contribution in [3.05, 3.63) is 48.0 Å². The van der Waals surface area contributed by atoms with Gasteiger partial charge in [-0.2, -0.15) is 5.10 Å². The first-order valence-electron chi connectivity index (χ1n) is 9.11. The summed E-state index contributed by atoms with van der Waals surface area (Å²) in [5.41, 5.74) is 2.26. The number of piperidine rings is 1. The van der Waals surface area contributed by atoms with Gasteiger partial charge in [0.15, 0.2) is 0 Å². The first-order chi connectivity index (χ1) is 12.2. The maximum absolute atomic E-state index is 12.3. The van der Waals surface area contributed by atoms with E-state index >= 15 is 0 Å². The molecule has 3 heterocycles. The number of carbonyl (C=O) groups is 1. The van der Waals surface area contributed by atoms with Gasteiger partial charge in [-0.15, -0.1) is 0 Å². The fourth-order valence-electron chi connectivity index (χ4n) is 3.45. The van der Waals surface area contributed by atoms with Crippen molar-refractivity contribution >= 4 is 5.91 Å². The van der Waals surface area contributed by atoms with E-state index in [4.69, 9.17) is 0 Å². The zero-order valence-electron chi connectivity index (χ0n) is 14.9. The lowest BCUT2D eigenvalue weighted by Gasteiger charge is -2.34. The maximum Gasteiger partial charge on any atom is 0.220 e. The maximum atomic E-state index is 12.3. The van der Waals surface area contributed by atoms with Gasteiger partial charge in [-0.25, -0.2) is 0 Å². The van der Waals surface area contributed by atoms with Crippen molar-refractivity contribution in [2.24, 2.45) is 7.05 Å². The molecule has 1 amide bonds. The lowest BCUT2D eigenvalue weighted by Crippen LogP contribution is -2.40. The molecule has 1 N–H and O–H groups in total. The molecule has 3 rings (SSSR count). The molecule has 1 aliphatic rings. The molecular weight excluding hydrogens is 314 g/mol. The van der Waals surface area contributed by atoms with E-state index in [1.807, 2.05) is 30.1 Å². The van der Waals surface area contributed by atoms with Gasteiger partial charge in [0.2, 0.25) is 5.91 Å². The Balaban J connectivity index is 1.56. The van der Waals surface area contributed by atoms with E-state index in [0.29, 0.717) is 19.4 Å². The van der Waals surface area contributed by atoms with Gasteiger partial charge in [-0.1, -0.05) is 12.5 Å². The number of likely N-dealkylation sites (tertiary alicyclic amines) is 1. The summed E-state index contributed by atoms with van der Waals surface area (Å²) in [6.07, 6.45) is 10.4. The number of hydrogen-bond donors (Lipinski definition) is 1. The highest BCUT2D eigenvalue weighted by Crippen LogP contribution is 2.23. The molecule has 25 heavy (non-hydrogen) atoms. The number of rotatable bonds is 7. The van der Waals surface area contributed by atoms with Crippen molar-refractivity contribution in [2.75, 3.05) is 19.6 Å². The van der Waals surface area contributed by atoms with E-state index in [1.165, 1.54) is 24.8 Å². The smallest absolute Gasteiger partial charge is 0.220 e. The van der Waals surface area contributed by atoms with Gasteiger partial charge in [0.1, 0.15) is 0 Å². The molecule has 0 radical (unpaired) electrons. The summed E-state index contributed by atoms with van der Waals surface area (Å²) in [5, 5.41) is 7.26. The topological polar surface area (TPSA) is 63.1 Å². The van der Waals surface area contributed by atoms with Crippen molar-refractivity contribution in [3.8, 4) is 0 Å². The van der Waals surface area contributed by atoms with Crippen LogP contribution in [0.5, 0.6) is 0 Å². The molecule has 0 spiro atoms. The molecule has 1 atom stereocenters. The van der Waals surface area contributed by atoms with Gasteiger partial charge in [0.25, 0.3) is 0 Å². The SMILES string of the molecule is Cn1nccc1CCC(=O)NC[C@@H](c1cccnc1)N1CCCCC1. The molecule has 6 nitrogen and oxygen atoms in total. The highest BCUT2D eigenvalue weighted by molar-refractivity contribution is 5.76. The minimum atomic E-state index is 0.0899. The van der Waals surface area contributed by atoms with E-state index in [0.717, 1.165) is 18.8 Å². The van der Waals surface area contributed by atoms with Gasteiger partial charge in [0.05, 0.1) is 6.04 Å². The van der Waals surface area contributed by atoms with E-state index in [1.54, 1.807) is 12.4 Å². The van der Waals surface area contributed by atoms with Crippen molar-refractivity contribution in [1.29, 1.82) is 0 Å². The van der Waals surface area contributed by atoms with E-state index in [9.17, 15) is 4.79 Å². The van der Waals surface area contributed by atoms with Crippen LogP contribution in [0.1, 0.15) is 43.0 Å². The zero-order valence-corrected chi connectivity index (χ0v) is 14.9. The summed E-state index contributed by atoms with van der Waals surface area (Å²) in [4.78, 5) is 19.0. The first-order valence-corrected chi connectivity index (χ1v) is 9.11. The van der Waals surface area contributed by atoms with Crippen LogP contribution in [0.3, 0.4) is 0 Å². The van der Waals surface area contributed by atoms with E-state index in [-0.39, 0.29) is 11.9 Å². The lowest BCUT2D eigenvalue weighted by molar-refractivity contribution is -0.121. The van der Waals surface area contributed by atoms with Crippen LogP contribution in [0.4, 0.5) is 0 Å².